The van der Waals surface area contributed by atoms with Gasteiger partial charge in [0.05, 0.1) is 12.8 Å². The van der Waals surface area contributed by atoms with Crippen molar-refractivity contribution in [2.75, 3.05) is 12.4 Å². The zero-order valence-electron chi connectivity index (χ0n) is 20.0. The summed E-state index contributed by atoms with van der Waals surface area (Å²) in [4.78, 5) is 5.09. The topological polar surface area (TPSA) is 34.1 Å². The highest BCUT2D eigenvalue weighted by atomic mass is 32.1. The largest absolute Gasteiger partial charge is 0.496 e. The van der Waals surface area contributed by atoms with Gasteiger partial charge in [-0.25, -0.2) is 4.98 Å². The second-order valence-corrected chi connectivity index (χ2v) is 9.77. The lowest BCUT2D eigenvalue weighted by Crippen LogP contribution is -2.16. The molecule has 0 aliphatic rings. The van der Waals surface area contributed by atoms with Crippen LogP contribution in [0.5, 0.6) is 5.75 Å². The number of hydrogen-bond donors (Lipinski definition) is 1. The van der Waals surface area contributed by atoms with Crippen molar-refractivity contribution in [3.05, 3.63) is 99.9 Å². The SMILES string of the molecule is COc1ccccc1-c1csc(C(Nc2c(C(C)C)cccc2C(C)C)c2ccccc2)n1. The Hall–Kier alpha value is -3.11. The summed E-state index contributed by atoms with van der Waals surface area (Å²) in [5.74, 6) is 1.68. The molecular formula is C29H32N2OS. The van der Waals surface area contributed by atoms with Crippen LogP contribution in [0.4, 0.5) is 5.69 Å². The molecule has 3 nitrogen and oxygen atoms in total. The normalized spacial score (nSPS) is 12.2. The van der Waals surface area contributed by atoms with Crippen molar-refractivity contribution < 1.29 is 4.74 Å². The van der Waals surface area contributed by atoms with E-state index < -0.39 is 0 Å². The van der Waals surface area contributed by atoms with Crippen LogP contribution in [-0.4, -0.2) is 12.1 Å². The Bertz CT molecular complexity index is 1170. The number of anilines is 1. The Kier molecular flexibility index (Phi) is 7.14. The molecule has 1 atom stereocenters. The lowest BCUT2D eigenvalue weighted by Gasteiger charge is -2.26. The fourth-order valence-electron chi connectivity index (χ4n) is 4.20. The number of rotatable bonds is 8. The quantitative estimate of drug-likeness (QED) is 0.290. The Morgan fingerprint density at radius 3 is 2.06 bits per heavy atom. The second-order valence-electron chi connectivity index (χ2n) is 8.88. The Balaban J connectivity index is 1.81. The lowest BCUT2D eigenvalue weighted by atomic mass is 9.92. The van der Waals surface area contributed by atoms with E-state index in [1.54, 1.807) is 18.4 Å². The van der Waals surface area contributed by atoms with Crippen molar-refractivity contribution in [2.45, 2.75) is 45.6 Å². The molecule has 4 heteroatoms. The number of para-hydroxylation sites is 2. The van der Waals surface area contributed by atoms with Crippen LogP contribution in [0.25, 0.3) is 11.3 Å². The number of hydrogen-bond acceptors (Lipinski definition) is 4. The van der Waals surface area contributed by atoms with Crippen LogP contribution in [0.3, 0.4) is 0 Å². The number of aromatic nitrogens is 1. The maximum atomic E-state index is 5.58. The number of thiazole rings is 1. The zero-order chi connectivity index (χ0) is 23.4. The minimum atomic E-state index is -0.0444. The molecule has 1 N–H and O–H groups in total. The molecule has 4 aromatic rings. The van der Waals surface area contributed by atoms with Crippen LogP contribution >= 0.6 is 11.3 Å². The molecule has 4 rings (SSSR count). The standard InChI is InChI=1S/C29H32N2OS/c1-19(2)22-15-11-16-23(20(3)4)28(22)31-27(21-12-7-6-8-13-21)29-30-25(18-33-29)24-14-9-10-17-26(24)32-5/h6-20,27,31H,1-5H3. The Morgan fingerprint density at radius 2 is 1.42 bits per heavy atom. The van der Waals surface area contributed by atoms with E-state index in [0.717, 1.165) is 22.0 Å². The fraction of sp³-hybridized carbons (Fsp3) is 0.276. The highest BCUT2D eigenvalue weighted by molar-refractivity contribution is 7.10. The summed E-state index contributed by atoms with van der Waals surface area (Å²) < 4.78 is 5.58. The van der Waals surface area contributed by atoms with Gasteiger partial charge in [-0.1, -0.05) is 88.4 Å². The fourth-order valence-corrected chi connectivity index (χ4v) is 5.09. The van der Waals surface area contributed by atoms with Crippen LogP contribution in [-0.2, 0) is 0 Å². The molecular weight excluding hydrogens is 424 g/mol. The van der Waals surface area contributed by atoms with Crippen LogP contribution in [0, 0.1) is 0 Å². The molecule has 170 valence electrons. The molecule has 0 saturated carbocycles. The molecule has 0 saturated heterocycles. The Labute approximate surface area is 201 Å². The van der Waals surface area contributed by atoms with Gasteiger partial charge in [-0.05, 0) is 40.7 Å². The second kappa shape index (κ2) is 10.2. The maximum Gasteiger partial charge on any atom is 0.128 e. The van der Waals surface area contributed by atoms with Gasteiger partial charge >= 0.3 is 0 Å². The predicted molar refractivity (Wildman–Crippen MR) is 141 cm³/mol. The molecule has 33 heavy (non-hydrogen) atoms. The summed E-state index contributed by atoms with van der Waals surface area (Å²) in [5, 5.41) is 7.09. The Morgan fingerprint density at radius 1 is 0.788 bits per heavy atom. The molecule has 0 spiro atoms. The van der Waals surface area contributed by atoms with E-state index in [1.165, 1.54) is 22.4 Å². The molecule has 0 radical (unpaired) electrons. The highest BCUT2D eigenvalue weighted by Gasteiger charge is 2.23. The summed E-state index contributed by atoms with van der Waals surface area (Å²) in [6.07, 6.45) is 0. The van der Waals surface area contributed by atoms with Crippen molar-refractivity contribution in [1.29, 1.82) is 0 Å². The van der Waals surface area contributed by atoms with Crippen LogP contribution < -0.4 is 10.1 Å². The molecule has 0 fully saturated rings. The number of ether oxygens (including phenoxy) is 1. The molecule has 0 amide bonds. The summed E-state index contributed by atoms with van der Waals surface area (Å²) in [5.41, 5.74) is 7.06. The van der Waals surface area contributed by atoms with Gasteiger partial charge in [-0.2, -0.15) is 0 Å². The van der Waals surface area contributed by atoms with Gasteiger partial charge < -0.3 is 10.1 Å². The van der Waals surface area contributed by atoms with E-state index in [4.69, 9.17) is 9.72 Å². The molecule has 3 aromatic carbocycles. The van der Waals surface area contributed by atoms with Crippen LogP contribution in [0.2, 0.25) is 0 Å². The lowest BCUT2D eigenvalue weighted by molar-refractivity contribution is 0.416. The first-order valence-corrected chi connectivity index (χ1v) is 12.4. The minimum Gasteiger partial charge on any atom is -0.496 e. The molecule has 1 heterocycles. The molecule has 0 bridgehead atoms. The molecule has 0 aliphatic heterocycles. The van der Waals surface area contributed by atoms with Crippen molar-refractivity contribution in [2.24, 2.45) is 0 Å². The number of nitrogens with zero attached hydrogens (tertiary/aromatic N) is 1. The predicted octanol–water partition coefficient (Wildman–Crippen LogP) is 8.27. The van der Waals surface area contributed by atoms with Crippen molar-refractivity contribution in [3.63, 3.8) is 0 Å². The van der Waals surface area contributed by atoms with Gasteiger partial charge in [0.15, 0.2) is 0 Å². The van der Waals surface area contributed by atoms with Gasteiger partial charge in [-0.15, -0.1) is 11.3 Å². The van der Waals surface area contributed by atoms with Crippen LogP contribution in [0.15, 0.2) is 78.2 Å². The maximum absolute atomic E-state index is 5.58. The van der Waals surface area contributed by atoms with E-state index in [0.29, 0.717) is 11.8 Å². The number of methoxy groups -OCH3 is 1. The average Bonchev–Trinajstić information content (AvgIpc) is 3.32. The molecule has 0 aliphatic carbocycles. The summed E-state index contributed by atoms with van der Waals surface area (Å²) >= 11 is 1.69. The van der Waals surface area contributed by atoms with Crippen molar-refractivity contribution in [1.82, 2.24) is 4.98 Å². The van der Waals surface area contributed by atoms with E-state index >= 15 is 0 Å². The van der Waals surface area contributed by atoms with E-state index in [9.17, 15) is 0 Å². The molecule has 1 aromatic heterocycles. The summed E-state index contributed by atoms with van der Waals surface area (Å²) in [6, 6.07) is 25.3. The van der Waals surface area contributed by atoms with Crippen molar-refractivity contribution in [3.8, 4) is 17.0 Å². The molecule has 1 unspecified atom stereocenters. The third kappa shape index (κ3) is 4.96. The van der Waals surface area contributed by atoms with Crippen molar-refractivity contribution >= 4 is 17.0 Å². The first-order chi connectivity index (χ1) is 16.0. The van der Waals surface area contributed by atoms with E-state index in [-0.39, 0.29) is 6.04 Å². The van der Waals surface area contributed by atoms with Gasteiger partial charge in [0, 0.05) is 16.6 Å². The number of nitrogens with one attached hydrogen (secondary N) is 1. The summed E-state index contributed by atoms with van der Waals surface area (Å²) in [7, 11) is 1.71. The van der Waals surface area contributed by atoms with Crippen LogP contribution in [0.1, 0.15) is 67.3 Å². The van der Waals surface area contributed by atoms with Gasteiger partial charge in [0.25, 0.3) is 0 Å². The summed E-state index contributed by atoms with van der Waals surface area (Å²) in [6.45, 7) is 9.02. The highest BCUT2D eigenvalue weighted by Crippen LogP contribution is 2.39. The first-order valence-electron chi connectivity index (χ1n) is 11.5. The van der Waals surface area contributed by atoms with Gasteiger partial charge in [0.2, 0.25) is 0 Å². The monoisotopic (exact) mass is 456 g/mol. The smallest absolute Gasteiger partial charge is 0.128 e. The third-order valence-electron chi connectivity index (χ3n) is 5.95. The number of benzene rings is 3. The zero-order valence-corrected chi connectivity index (χ0v) is 20.8. The average molecular weight is 457 g/mol. The first kappa shape index (κ1) is 23.1. The van der Waals surface area contributed by atoms with E-state index in [1.807, 2.05) is 18.2 Å². The third-order valence-corrected chi connectivity index (χ3v) is 6.86. The van der Waals surface area contributed by atoms with E-state index in [2.05, 4.69) is 93.0 Å². The van der Waals surface area contributed by atoms with Gasteiger partial charge in [0.1, 0.15) is 16.8 Å². The van der Waals surface area contributed by atoms with Gasteiger partial charge in [-0.3, -0.25) is 0 Å². The minimum absolute atomic E-state index is 0.0444.